The normalized spacial score (nSPS) is 21.3. The molecule has 0 spiro atoms. The predicted octanol–water partition coefficient (Wildman–Crippen LogP) is 3.36. The van der Waals surface area contributed by atoms with Crippen molar-refractivity contribution in [2.24, 2.45) is 11.3 Å². The molecule has 1 atom stereocenters. The Morgan fingerprint density at radius 3 is 2.63 bits per heavy atom. The molecule has 0 saturated carbocycles. The number of aromatic nitrogens is 2. The molecule has 0 bridgehead atoms. The van der Waals surface area contributed by atoms with Crippen LogP contribution in [-0.2, 0) is 0 Å². The summed E-state index contributed by atoms with van der Waals surface area (Å²) in [6, 6.07) is 1.80. The summed E-state index contributed by atoms with van der Waals surface area (Å²) in [7, 11) is 0. The molecule has 0 aromatic carbocycles. The zero-order valence-electron chi connectivity index (χ0n) is 12.0. The van der Waals surface area contributed by atoms with Crippen molar-refractivity contribution in [3.05, 3.63) is 11.2 Å². The molecule has 2 N–H and O–H groups in total. The number of anilines is 2. The largest absolute Gasteiger partial charge is 0.368 e. The van der Waals surface area contributed by atoms with Crippen molar-refractivity contribution >= 4 is 23.4 Å². The van der Waals surface area contributed by atoms with Gasteiger partial charge in [-0.3, -0.25) is 0 Å². The van der Waals surface area contributed by atoms with Gasteiger partial charge >= 0.3 is 0 Å². The van der Waals surface area contributed by atoms with E-state index in [1.54, 1.807) is 6.07 Å². The smallest absolute Gasteiger partial charge is 0.223 e. The van der Waals surface area contributed by atoms with Crippen molar-refractivity contribution in [3.8, 4) is 0 Å². The fraction of sp³-hybridized carbons (Fsp3) is 0.714. The first-order valence-electron chi connectivity index (χ1n) is 6.91. The van der Waals surface area contributed by atoms with Gasteiger partial charge in [0.2, 0.25) is 5.95 Å². The molecule has 1 fully saturated rings. The van der Waals surface area contributed by atoms with Crippen LogP contribution in [0.2, 0.25) is 5.15 Å². The van der Waals surface area contributed by atoms with Crippen molar-refractivity contribution in [3.63, 3.8) is 0 Å². The monoisotopic (exact) mass is 282 g/mol. The van der Waals surface area contributed by atoms with Gasteiger partial charge in [-0.2, -0.15) is 4.98 Å². The third kappa shape index (κ3) is 3.72. The Morgan fingerprint density at radius 1 is 1.26 bits per heavy atom. The Labute approximate surface area is 120 Å². The fourth-order valence-electron chi connectivity index (χ4n) is 2.78. The van der Waals surface area contributed by atoms with Crippen LogP contribution < -0.4 is 10.6 Å². The van der Waals surface area contributed by atoms with E-state index in [2.05, 4.69) is 35.6 Å². The van der Waals surface area contributed by atoms with Crippen molar-refractivity contribution in [2.75, 3.05) is 23.7 Å². The van der Waals surface area contributed by atoms with Gasteiger partial charge in [0.05, 0.1) is 0 Å². The lowest BCUT2D eigenvalue weighted by atomic mass is 9.77. The van der Waals surface area contributed by atoms with E-state index in [1.807, 2.05) is 0 Å². The molecule has 1 aromatic heterocycles. The maximum absolute atomic E-state index is 5.95. The molecule has 1 saturated heterocycles. The minimum atomic E-state index is 0.249. The molecule has 106 valence electrons. The summed E-state index contributed by atoms with van der Waals surface area (Å²) < 4.78 is 0. The van der Waals surface area contributed by atoms with Crippen LogP contribution in [0.15, 0.2) is 6.07 Å². The average Bonchev–Trinajstić information content (AvgIpc) is 2.52. The first-order chi connectivity index (χ1) is 8.86. The van der Waals surface area contributed by atoms with Gasteiger partial charge in [0.1, 0.15) is 11.0 Å². The molecule has 2 rings (SSSR count). The van der Waals surface area contributed by atoms with Gasteiger partial charge in [0, 0.05) is 19.2 Å². The Bertz CT molecular complexity index is 421. The molecule has 1 aliphatic rings. The fourth-order valence-corrected chi connectivity index (χ4v) is 2.96. The van der Waals surface area contributed by atoms with Gasteiger partial charge in [0.15, 0.2) is 0 Å². The summed E-state index contributed by atoms with van der Waals surface area (Å²) in [6.07, 6.45) is 3.64. The highest BCUT2D eigenvalue weighted by Gasteiger charge is 2.27. The van der Waals surface area contributed by atoms with Crippen molar-refractivity contribution in [1.82, 2.24) is 9.97 Å². The van der Waals surface area contributed by atoms with Gasteiger partial charge in [-0.1, -0.05) is 32.4 Å². The molecule has 0 amide bonds. The molecule has 1 aliphatic heterocycles. The van der Waals surface area contributed by atoms with Crippen molar-refractivity contribution in [1.29, 1.82) is 0 Å². The lowest BCUT2D eigenvalue weighted by molar-refractivity contribution is 0.220. The van der Waals surface area contributed by atoms with E-state index in [1.165, 1.54) is 19.3 Å². The standard InChI is InChI=1S/C14H23ClN4/c1-14(2,3)10-5-4-7-19(8-6-10)12-9-11(15)17-13(16)18-12/h9-10H,4-8H2,1-3H3,(H2,16,17,18). The number of hydrogen-bond acceptors (Lipinski definition) is 4. The van der Waals surface area contributed by atoms with E-state index in [4.69, 9.17) is 17.3 Å². The number of halogens is 1. The maximum Gasteiger partial charge on any atom is 0.223 e. The van der Waals surface area contributed by atoms with Crippen LogP contribution in [0, 0.1) is 11.3 Å². The summed E-state index contributed by atoms with van der Waals surface area (Å²) in [5.41, 5.74) is 6.04. The Morgan fingerprint density at radius 2 is 2.00 bits per heavy atom. The van der Waals surface area contributed by atoms with E-state index in [9.17, 15) is 0 Å². The third-order valence-electron chi connectivity index (χ3n) is 3.98. The number of nitrogens with two attached hydrogens (primary N) is 1. The van der Waals surface area contributed by atoms with Crippen LogP contribution in [0.1, 0.15) is 40.0 Å². The SMILES string of the molecule is CC(C)(C)C1CCCN(c2cc(Cl)nc(N)n2)CC1. The highest BCUT2D eigenvalue weighted by molar-refractivity contribution is 6.29. The van der Waals surface area contributed by atoms with Gasteiger partial charge in [-0.15, -0.1) is 0 Å². The molecule has 0 aliphatic carbocycles. The van der Waals surface area contributed by atoms with Gasteiger partial charge in [-0.25, -0.2) is 4.98 Å². The lowest BCUT2D eigenvalue weighted by Gasteiger charge is -2.29. The minimum absolute atomic E-state index is 0.249. The number of nitrogen functional groups attached to an aromatic ring is 1. The Kier molecular flexibility index (Phi) is 4.19. The van der Waals surface area contributed by atoms with Crippen LogP contribution in [0.25, 0.3) is 0 Å². The summed E-state index contributed by atoms with van der Waals surface area (Å²) in [4.78, 5) is 10.5. The van der Waals surface area contributed by atoms with Crippen LogP contribution in [0.3, 0.4) is 0 Å². The molecule has 4 nitrogen and oxygen atoms in total. The maximum atomic E-state index is 5.95. The van der Waals surface area contributed by atoms with Crippen molar-refractivity contribution in [2.45, 2.75) is 40.0 Å². The summed E-state index contributed by atoms with van der Waals surface area (Å²) in [5.74, 6) is 1.86. The van der Waals surface area contributed by atoms with Crippen LogP contribution in [-0.4, -0.2) is 23.1 Å². The molecule has 1 unspecified atom stereocenters. The second-order valence-corrected chi connectivity index (χ2v) is 6.78. The molecular weight excluding hydrogens is 260 g/mol. The molecule has 0 radical (unpaired) electrons. The van der Waals surface area contributed by atoms with Crippen LogP contribution in [0.4, 0.5) is 11.8 Å². The van der Waals surface area contributed by atoms with Gasteiger partial charge in [-0.05, 0) is 30.6 Å². The van der Waals surface area contributed by atoms with Gasteiger partial charge < -0.3 is 10.6 Å². The predicted molar refractivity (Wildman–Crippen MR) is 80.5 cm³/mol. The quantitative estimate of drug-likeness (QED) is 0.803. The highest BCUT2D eigenvalue weighted by Crippen LogP contribution is 2.35. The van der Waals surface area contributed by atoms with E-state index < -0.39 is 0 Å². The van der Waals surface area contributed by atoms with E-state index in [0.29, 0.717) is 10.6 Å². The van der Waals surface area contributed by atoms with Gasteiger partial charge in [0.25, 0.3) is 0 Å². The number of hydrogen-bond donors (Lipinski definition) is 1. The van der Waals surface area contributed by atoms with Crippen LogP contribution >= 0.6 is 11.6 Å². The Hall–Kier alpha value is -1.03. The lowest BCUT2D eigenvalue weighted by Crippen LogP contribution is -2.27. The van der Waals surface area contributed by atoms with E-state index in [0.717, 1.165) is 24.8 Å². The van der Waals surface area contributed by atoms with E-state index in [-0.39, 0.29) is 5.95 Å². The third-order valence-corrected chi connectivity index (χ3v) is 4.17. The second-order valence-electron chi connectivity index (χ2n) is 6.39. The molecule has 19 heavy (non-hydrogen) atoms. The summed E-state index contributed by atoms with van der Waals surface area (Å²) in [6.45, 7) is 9.00. The Balaban J connectivity index is 2.11. The summed E-state index contributed by atoms with van der Waals surface area (Å²) in [5, 5.41) is 0.416. The van der Waals surface area contributed by atoms with Crippen LogP contribution in [0.5, 0.6) is 0 Å². The number of rotatable bonds is 1. The average molecular weight is 283 g/mol. The summed E-state index contributed by atoms with van der Waals surface area (Å²) >= 11 is 5.95. The molecule has 5 heteroatoms. The zero-order chi connectivity index (χ0) is 14.0. The topological polar surface area (TPSA) is 55.0 Å². The first kappa shape index (κ1) is 14.4. The van der Waals surface area contributed by atoms with E-state index >= 15 is 0 Å². The highest BCUT2D eigenvalue weighted by atomic mass is 35.5. The second kappa shape index (κ2) is 5.53. The molecular formula is C14H23ClN4. The first-order valence-corrected chi connectivity index (χ1v) is 7.29. The molecule has 1 aromatic rings. The molecule has 2 heterocycles. The van der Waals surface area contributed by atoms with Crippen molar-refractivity contribution < 1.29 is 0 Å². The minimum Gasteiger partial charge on any atom is -0.368 e. The zero-order valence-corrected chi connectivity index (χ0v) is 12.7. The number of nitrogens with zero attached hydrogens (tertiary/aromatic N) is 3.